The predicted molar refractivity (Wildman–Crippen MR) is 58.6 cm³/mol. The van der Waals surface area contributed by atoms with Crippen LogP contribution in [0.15, 0.2) is 24.3 Å². The van der Waals surface area contributed by atoms with Crippen LogP contribution in [0.1, 0.15) is 23.7 Å². The Morgan fingerprint density at radius 3 is 2.56 bits per heavy atom. The van der Waals surface area contributed by atoms with Crippen LogP contribution in [0, 0.1) is 0 Å². The highest BCUT2D eigenvalue weighted by atomic mass is 16.5. The number of carbonyl (C=O) groups is 2. The number of hydrogen-bond acceptors (Lipinski definition) is 4. The van der Waals surface area contributed by atoms with Crippen molar-refractivity contribution >= 4 is 11.8 Å². The van der Waals surface area contributed by atoms with E-state index in [1.165, 1.54) is 14.0 Å². The third-order valence-corrected chi connectivity index (χ3v) is 2.04. The minimum absolute atomic E-state index is 0.0984. The Bertz CT molecular complexity index is 384. The van der Waals surface area contributed by atoms with Crippen LogP contribution in [0.3, 0.4) is 0 Å². The number of hydrogen-bond donors (Lipinski definition) is 0. The van der Waals surface area contributed by atoms with Gasteiger partial charge in [-0.15, -0.1) is 0 Å². The van der Waals surface area contributed by atoms with Gasteiger partial charge in [-0.2, -0.15) is 0 Å². The molecule has 1 rings (SSSR count). The number of benzene rings is 1. The summed E-state index contributed by atoms with van der Waals surface area (Å²) >= 11 is 0. The smallest absolute Gasteiger partial charge is 0.302 e. The Labute approximate surface area is 94.2 Å². The molecule has 0 aromatic heterocycles. The van der Waals surface area contributed by atoms with Crippen molar-refractivity contribution in [3.05, 3.63) is 29.8 Å². The zero-order chi connectivity index (χ0) is 12.0. The monoisotopic (exact) mass is 222 g/mol. The standard InChI is InChI=1S/C12H14O4/c1-9(13)16-8-7-11(14)10-5-3-4-6-12(10)15-2/h3-6H,7-8H2,1-2H3. The second kappa shape index (κ2) is 5.90. The second-order valence-electron chi connectivity index (χ2n) is 3.21. The van der Waals surface area contributed by atoms with Crippen molar-refractivity contribution in [2.45, 2.75) is 13.3 Å². The van der Waals surface area contributed by atoms with E-state index in [9.17, 15) is 9.59 Å². The lowest BCUT2D eigenvalue weighted by Gasteiger charge is -2.06. The first-order valence-corrected chi connectivity index (χ1v) is 4.94. The largest absolute Gasteiger partial charge is 0.496 e. The minimum atomic E-state index is -0.382. The van der Waals surface area contributed by atoms with Gasteiger partial charge in [0, 0.05) is 13.3 Å². The molecule has 86 valence electrons. The molecule has 0 aliphatic rings. The Kier molecular flexibility index (Phi) is 4.51. The van der Waals surface area contributed by atoms with Gasteiger partial charge in [0.2, 0.25) is 0 Å². The van der Waals surface area contributed by atoms with Gasteiger partial charge in [0.25, 0.3) is 0 Å². The number of Topliss-reactive ketones (excluding diaryl/α,β-unsaturated/α-hetero) is 1. The Balaban J connectivity index is 2.62. The molecule has 0 radical (unpaired) electrons. The Morgan fingerprint density at radius 2 is 1.94 bits per heavy atom. The predicted octanol–water partition coefficient (Wildman–Crippen LogP) is 1.83. The summed E-state index contributed by atoms with van der Waals surface area (Å²) < 4.78 is 9.77. The fourth-order valence-electron chi connectivity index (χ4n) is 1.30. The lowest BCUT2D eigenvalue weighted by Crippen LogP contribution is -2.08. The van der Waals surface area contributed by atoms with Crippen LogP contribution >= 0.6 is 0 Å². The quantitative estimate of drug-likeness (QED) is 0.563. The lowest BCUT2D eigenvalue weighted by molar-refractivity contribution is -0.140. The van der Waals surface area contributed by atoms with E-state index in [0.29, 0.717) is 11.3 Å². The summed E-state index contributed by atoms with van der Waals surface area (Å²) in [5.74, 6) is 0.0573. The highest BCUT2D eigenvalue weighted by Gasteiger charge is 2.11. The van der Waals surface area contributed by atoms with E-state index >= 15 is 0 Å². The molecule has 0 spiro atoms. The highest BCUT2D eigenvalue weighted by Crippen LogP contribution is 2.18. The third kappa shape index (κ3) is 3.38. The van der Waals surface area contributed by atoms with Gasteiger partial charge in [0.15, 0.2) is 5.78 Å². The van der Waals surface area contributed by atoms with Crippen LogP contribution in [-0.4, -0.2) is 25.5 Å². The van der Waals surface area contributed by atoms with Gasteiger partial charge in [-0.25, -0.2) is 0 Å². The van der Waals surface area contributed by atoms with Gasteiger partial charge in [-0.1, -0.05) is 12.1 Å². The topological polar surface area (TPSA) is 52.6 Å². The third-order valence-electron chi connectivity index (χ3n) is 2.04. The molecule has 4 heteroatoms. The molecule has 0 bridgehead atoms. The van der Waals surface area contributed by atoms with Crippen molar-refractivity contribution in [3.8, 4) is 5.75 Å². The van der Waals surface area contributed by atoms with E-state index in [1.807, 2.05) is 0 Å². The molecular weight excluding hydrogens is 208 g/mol. The molecule has 0 saturated carbocycles. The van der Waals surface area contributed by atoms with Crippen LogP contribution in [0.25, 0.3) is 0 Å². The summed E-state index contributed by atoms with van der Waals surface area (Å²) in [6.07, 6.45) is 0.167. The number of ether oxygens (including phenoxy) is 2. The van der Waals surface area contributed by atoms with Crippen molar-refractivity contribution in [1.29, 1.82) is 0 Å². The van der Waals surface area contributed by atoms with E-state index in [0.717, 1.165) is 0 Å². The molecule has 0 atom stereocenters. The molecule has 4 nitrogen and oxygen atoms in total. The molecule has 1 aromatic rings. The Morgan fingerprint density at radius 1 is 1.25 bits per heavy atom. The van der Waals surface area contributed by atoms with Gasteiger partial charge in [-0.3, -0.25) is 9.59 Å². The van der Waals surface area contributed by atoms with E-state index in [2.05, 4.69) is 0 Å². The summed E-state index contributed by atoms with van der Waals surface area (Å²) in [6.45, 7) is 1.42. The van der Waals surface area contributed by atoms with Crippen LogP contribution in [-0.2, 0) is 9.53 Å². The molecule has 0 aliphatic heterocycles. The summed E-state index contributed by atoms with van der Waals surface area (Å²) in [4.78, 5) is 22.3. The van der Waals surface area contributed by atoms with Gasteiger partial charge in [0.1, 0.15) is 5.75 Å². The van der Waals surface area contributed by atoms with E-state index in [4.69, 9.17) is 9.47 Å². The maximum Gasteiger partial charge on any atom is 0.302 e. The summed E-state index contributed by atoms with van der Waals surface area (Å²) in [5, 5.41) is 0. The highest BCUT2D eigenvalue weighted by molar-refractivity contribution is 5.98. The van der Waals surface area contributed by atoms with Crippen molar-refractivity contribution in [2.24, 2.45) is 0 Å². The molecule has 0 fully saturated rings. The average molecular weight is 222 g/mol. The fourth-order valence-corrected chi connectivity index (χ4v) is 1.30. The molecule has 0 amide bonds. The van der Waals surface area contributed by atoms with Gasteiger partial charge < -0.3 is 9.47 Å². The molecule has 0 heterocycles. The van der Waals surface area contributed by atoms with Crippen molar-refractivity contribution in [1.82, 2.24) is 0 Å². The van der Waals surface area contributed by atoms with Crippen LogP contribution < -0.4 is 4.74 Å². The fraction of sp³-hybridized carbons (Fsp3) is 0.333. The zero-order valence-corrected chi connectivity index (χ0v) is 9.36. The van der Waals surface area contributed by atoms with Gasteiger partial charge >= 0.3 is 5.97 Å². The molecule has 0 saturated heterocycles. The van der Waals surface area contributed by atoms with E-state index < -0.39 is 0 Å². The molecule has 0 unspecified atom stereocenters. The number of carbonyl (C=O) groups excluding carboxylic acids is 2. The molecule has 1 aromatic carbocycles. The van der Waals surface area contributed by atoms with E-state index in [1.54, 1.807) is 24.3 Å². The Hall–Kier alpha value is -1.84. The zero-order valence-electron chi connectivity index (χ0n) is 9.36. The number of para-hydroxylation sites is 1. The molecule has 16 heavy (non-hydrogen) atoms. The van der Waals surface area contributed by atoms with Gasteiger partial charge in [0.05, 0.1) is 19.3 Å². The average Bonchev–Trinajstić information content (AvgIpc) is 2.28. The van der Waals surface area contributed by atoms with Crippen molar-refractivity contribution in [3.63, 3.8) is 0 Å². The molecular formula is C12H14O4. The van der Waals surface area contributed by atoms with Crippen LogP contribution in [0.2, 0.25) is 0 Å². The number of rotatable bonds is 5. The SMILES string of the molecule is COc1ccccc1C(=O)CCOC(C)=O. The van der Waals surface area contributed by atoms with Crippen LogP contribution in [0.4, 0.5) is 0 Å². The first kappa shape index (κ1) is 12.2. The van der Waals surface area contributed by atoms with Gasteiger partial charge in [-0.05, 0) is 12.1 Å². The maximum absolute atomic E-state index is 11.7. The maximum atomic E-state index is 11.7. The first-order chi connectivity index (χ1) is 7.65. The number of methoxy groups -OCH3 is 1. The number of ketones is 1. The van der Waals surface area contributed by atoms with E-state index in [-0.39, 0.29) is 24.8 Å². The first-order valence-electron chi connectivity index (χ1n) is 4.94. The summed E-state index contributed by atoms with van der Waals surface area (Å²) in [6, 6.07) is 6.97. The normalized spacial score (nSPS) is 9.62. The minimum Gasteiger partial charge on any atom is -0.496 e. The summed E-state index contributed by atoms with van der Waals surface area (Å²) in [5.41, 5.74) is 0.511. The van der Waals surface area contributed by atoms with Crippen LogP contribution in [0.5, 0.6) is 5.75 Å². The lowest BCUT2D eigenvalue weighted by atomic mass is 10.1. The molecule has 0 aliphatic carbocycles. The molecule has 0 N–H and O–H groups in total. The summed E-state index contributed by atoms with van der Waals surface area (Å²) in [7, 11) is 1.51. The second-order valence-corrected chi connectivity index (χ2v) is 3.21. The number of esters is 1. The van der Waals surface area contributed by atoms with Crippen molar-refractivity contribution < 1.29 is 19.1 Å². The van der Waals surface area contributed by atoms with Crippen molar-refractivity contribution in [2.75, 3.05) is 13.7 Å².